The Morgan fingerprint density at radius 3 is 2.52 bits per heavy atom. The van der Waals surface area contributed by atoms with Crippen LogP contribution in [0.25, 0.3) is 22.0 Å². The third-order valence-corrected chi connectivity index (χ3v) is 7.82. The normalized spacial score (nSPS) is 11.4. The zero-order valence-electron chi connectivity index (χ0n) is 20.9. The maximum absolute atomic E-state index is 14.2. The Labute approximate surface area is 232 Å². The maximum Gasteiger partial charge on any atom is 0.264 e. The van der Waals surface area contributed by atoms with Crippen LogP contribution in [-0.4, -0.2) is 25.5 Å². The molecule has 0 saturated heterocycles. The van der Waals surface area contributed by atoms with Gasteiger partial charge in [0.15, 0.2) is 0 Å². The Morgan fingerprint density at radius 1 is 0.950 bits per heavy atom. The van der Waals surface area contributed by atoms with Crippen LogP contribution in [0.4, 0.5) is 31.7 Å². The second-order valence-corrected chi connectivity index (χ2v) is 10.9. The van der Waals surface area contributed by atoms with E-state index in [0.717, 1.165) is 40.0 Å². The first-order valence-corrected chi connectivity index (χ1v) is 14.0. The standard InChI is InChI=1S/C27H22F2N6O3S2/c1-38-27-24(35-40(36,37)25-8-6-18(28)12-21(25)29)11-17(14-32-27)15-5-7-22-16(9-15)10-23(26(30)34-22)33-19-3-2-4-20(13-19)39-31/h2-14,33,35H,31H2,1H3,(H2,30,34). The number of halogens is 2. The number of ether oxygens (including phenoxy) is 1. The van der Waals surface area contributed by atoms with Crippen LogP contribution in [-0.2, 0) is 10.0 Å². The van der Waals surface area contributed by atoms with Crippen LogP contribution in [0, 0.1) is 11.6 Å². The van der Waals surface area contributed by atoms with Crippen molar-refractivity contribution >= 4 is 55.8 Å². The molecular weight excluding hydrogens is 558 g/mol. The molecule has 2 heterocycles. The first kappa shape index (κ1) is 27.1. The first-order chi connectivity index (χ1) is 19.2. The third-order valence-electron chi connectivity index (χ3n) is 5.90. The molecule has 3 aromatic carbocycles. The summed E-state index contributed by atoms with van der Waals surface area (Å²) in [6, 6.07) is 18.5. The van der Waals surface area contributed by atoms with Gasteiger partial charge in [0.05, 0.1) is 18.3 Å². The molecule has 2 aromatic heterocycles. The van der Waals surface area contributed by atoms with Crippen molar-refractivity contribution in [3.8, 4) is 17.0 Å². The Balaban J connectivity index is 1.50. The zero-order chi connectivity index (χ0) is 28.4. The summed E-state index contributed by atoms with van der Waals surface area (Å²) >= 11 is 1.13. The molecule has 0 aliphatic heterocycles. The summed E-state index contributed by atoms with van der Waals surface area (Å²) in [5.41, 5.74) is 9.41. The van der Waals surface area contributed by atoms with Crippen LogP contribution in [0.2, 0.25) is 0 Å². The molecule has 13 heteroatoms. The number of anilines is 4. The van der Waals surface area contributed by atoms with Gasteiger partial charge in [0.2, 0.25) is 5.88 Å². The molecule has 0 bridgehead atoms. The van der Waals surface area contributed by atoms with Crippen molar-refractivity contribution in [2.24, 2.45) is 5.14 Å². The Hall–Kier alpha value is -4.46. The molecular formula is C27H22F2N6O3S2. The summed E-state index contributed by atoms with van der Waals surface area (Å²) in [5.74, 6) is -1.85. The Morgan fingerprint density at radius 2 is 1.77 bits per heavy atom. The Bertz CT molecular complexity index is 1850. The van der Waals surface area contributed by atoms with E-state index in [1.54, 1.807) is 12.1 Å². The molecule has 0 aliphatic carbocycles. The highest BCUT2D eigenvalue weighted by Crippen LogP contribution is 2.33. The molecule has 0 amide bonds. The number of nitrogens with one attached hydrogen (secondary N) is 2. The number of nitrogens with zero attached hydrogens (tertiary/aromatic N) is 2. The van der Waals surface area contributed by atoms with Crippen LogP contribution < -0.4 is 25.6 Å². The maximum atomic E-state index is 14.2. The number of sulfonamides is 1. The van der Waals surface area contributed by atoms with E-state index < -0.39 is 26.6 Å². The number of nitrogen functional groups attached to an aromatic ring is 1. The van der Waals surface area contributed by atoms with E-state index in [-0.39, 0.29) is 11.6 Å². The van der Waals surface area contributed by atoms with Crippen molar-refractivity contribution in [2.45, 2.75) is 9.79 Å². The summed E-state index contributed by atoms with van der Waals surface area (Å²) in [7, 11) is -3.11. The topological polar surface area (TPSA) is 145 Å². The zero-order valence-corrected chi connectivity index (χ0v) is 22.5. The molecule has 0 spiro atoms. The number of rotatable bonds is 8. The SMILES string of the molecule is COc1ncc(-c2ccc3nc(N)c(Nc4cccc(SN)c4)cc3c2)cc1NS(=O)(=O)c1ccc(F)cc1F. The quantitative estimate of drug-likeness (QED) is 0.170. The number of nitrogens with two attached hydrogens (primary N) is 2. The fourth-order valence-corrected chi connectivity index (χ4v) is 5.47. The molecule has 0 radical (unpaired) electrons. The summed E-state index contributed by atoms with van der Waals surface area (Å²) in [6.07, 6.45) is 1.51. The van der Waals surface area contributed by atoms with Gasteiger partial charge in [0, 0.05) is 33.8 Å². The van der Waals surface area contributed by atoms with E-state index in [2.05, 4.69) is 20.0 Å². The van der Waals surface area contributed by atoms with Crippen LogP contribution >= 0.6 is 11.9 Å². The monoisotopic (exact) mass is 580 g/mol. The van der Waals surface area contributed by atoms with Gasteiger partial charge < -0.3 is 15.8 Å². The van der Waals surface area contributed by atoms with Crippen molar-refractivity contribution < 1.29 is 21.9 Å². The van der Waals surface area contributed by atoms with Crippen molar-refractivity contribution in [3.05, 3.63) is 90.6 Å². The second kappa shape index (κ2) is 11.0. The summed E-state index contributed by atoms with van der Waals surface area (Å²) in [4.78, 5) is 8.85. The predicted octanol–water partition coefficient (Wildman–Crippen LogP) is 5.68. The van der Waals surface area contributed by atoms with Gasteiger partial charge >= 0.3 is 0 Å². The van der Waals surface area contributed by atoms with Gasteiger partial charge in [-0.3, -0.25) is 9.86 Å². The lowest BCUT2D eigenvalue weighted by molar-refractivity contribution is 0.400. The highest BCUT2D eigenvalue weighted by Gasteiger charge is 2.22. The first-order valence-electron chi connectivity index (χ1n) is 11.6. The molecule has 6 N–H and O–H groups in total. The van der Waals surface area contributed by atoms with E-state index in [9.17, 15) is 17.2 Å². The fraction of sp³-hybridized carbons (Fsp3) is 0.0370. The van der Waals surface area contributed by atoms with Crippen molar-refractivity contribution in [1.29, 1.82) is 0 Å². The molecule has 0 saturated carbocycles. The van der Waals surface area contributed by atoms with E-state index >= 15 is 0 Å². The van der Waals surface area contributed by atoms with Crippen molar-refractivity contribution in [1.82, 2.24) is 9.97 Å². The largest absolute Gasteiger partial charge is 0.480 e. The molecule has 40 heavy (non-hydrogen) atoms. The third kappa shape index (κ3) is 5.61. The van der Waals surface area contributed by atoms with Crippen LogP contribution in [0.3, 0.4) is 0 Å². The fourth-order valence-electron chi connectivity index (χ4n) is 4.01. The van der Waals surface area contributed by atoms with Gasteiger partial charge in [-0.25, -0.2) is 27.2 Å². The Kier molecular flexibility index (Phi) is 7.43. The molecule has 9 nitrogen and oxygen atoms in total. The molecule has 0 fully saturated rings. The molecule has 0 atom stereocenters. The van der Waals surface area contributed by atoms with E-state index in [4.69, 9.17) is 15.6 Å². The van der Waals surface area contributed by atoms with Crippen LogP contribution in [0.1, 0.15) is 0 Å². The lowest BCUT2D eigenvalue weighted by Crippen LogP contribution is -2.15. The number of aromatic nitrogens is 2. The molecule has 0 aliphatic rings. The number of methoxy groups -OCH3 is 1. The summed E-state index contributed by atoms with van der Waals surface area (Å²) in [6.45, 7) is 0. The van der Waals surface area contributed by atoms with Gasteiger partial charge in [0.1, 0.15) is 28.0 Å². The van der Waals surface area contributed by atoms with Crippen LogP contribution in [0.15, 0.2) is 88.8 Å². The molecule has 204 valence electrons. The van der Waals surface area contributed by atoms with Crippen molar-refractivity contribution in [3.63, 3.8) is 0 Å². The van der Waals surface area contributed by atoms with E-state index in [1.165, 1.54) is 19.4 Å². The van der Waals surface area contributed by atoms with Crippen LogP contribution in [0.5, 0.6) is 5.88 Å². The summed E-state index contributed by atoms with van der Waals surface area (Å²) in [5, 5.41) is 9.67. The number of hydrogen-bond acceptors (Lipinski definition) is 9. The van der Waals surface area contributed by atoms with Gasteiger partial charge in [-0.05, 0) is 72.1 Å². The highest BCUT2D eigenvalue weighted by atomic mass is 32.2. The lowest BCUT2D eigenvalue weighted by Gasteiger charge is -2.14. The van der Waals surface area contributed by atoms with E-state index in [1.807, 2.05) is 36.4 Å². The summed E-state index contributed by atoms with van der Waals surface area (Å²) < 4.78 is 60.8. The lowest BCUT2D eigenvalue weighted by atomic mass is 10.0. The molecule has 0 unspecified atom stereocenters. The predicted molar refractivity (Wildman–Crippen MR) is 153 cm³/mol. The average molecular weight is 581 g/mol. The van der Waals surface area contributed by atoms with Crippen molar-refractivity contribution in [2.75, 3.05) is 22.9 Å². The minimum absolute atomic E-state index is 0.0285. The number of pyridine rings is 2. The average Bonchev–Trinajstić information content (AvgIpc) is 2.93. The minimum Gasteiger partial charge on any atom is -0.480 e. The molecule has 5 rings (SSSR count). The van der Waals surface area contributed by atoms with Gasteiger partial charge in [-0.2, -0.15) is 0 Å². The smallest absolute Gasteiger partial charge is 0.264 e. The number of hydrogen-bond donors (Lipinski definition) is 4. The minimum atomic E-state index is -4.43. The number of benzene rings is 3. The van der Waals surface area contributed by atoms with Gasteiger partial charge in [-0.1, -0.05) is 12.1 Å². The highest BCUT2D eigenvalue weighted by molar-refractivity contribution is 7.97. The van der Waals surface area contributed by atoms with E-state index in [0.29, 0.717) is 34.2 Å². The van der Waals surface area contributed by atoms with Gasteiger partial charge in [0.25, 0.3) is 10.0 Å². The second-order valence-electron chi connectivity index (χ2n) is 8.56. The van der Waals surface area contributed by atoms with Gasteiger partial charge in [-0.15, -0.1) is 0 Å². The number of fused-ring (bicyclic) bond motifs is 1. The molecule has 5 aromatic rings.